The van der Waals surface area contributed by atoms with Crippen LogP contribution in [-0.2, 0) is 23.7 Å². The van der Waals surface area contributed by atoms with E-state index in [1.807, 2.05) is 36.4 Å². The van der Waals surface area contributed by atoms with Gasteiger partial charge in [-0.2, -0.15) is 0 Å². The minimum Gasteiger partial charge on any atom is -0.317 e. The van der Waals surface area contributed by atoms with Crippen LogP contribution in [0.2, 0.25) is 0 Å². The average molecular weight is 792 g/mol. The molecule has 0 aliphatic carbocycles. The largest absolute Gasteiger partial charge is 0.317 e. The molecule has 2 fully saturated rings. The molecule has 0 bridgehead atoms. The van der Waals surface area contributed by atoms with Crippen LogP contribution in [-0.4, -0.2) is 55.1 Å². The van der Waals surface area contributed by atoms with Crippen molar-refractivity contribution in [3.8, 4) is 0 Å². The van der Waals surface area contributed by atoms with E-state index >= 15 is 0 Å². The second-order valence-electron chi connectivity index (χ2n) is 18.3. The summed E-state index contributed by atoms with van der Waals surface area (Å²) in [7, 11) is 0. The quantitative estimate of drug-likeness (QED) is 0.108. The number of hydrogen-bond donors (Lipinski definition) is 1. The number of alkyl halides is 1. The predicted octanol–water partition coefficient (Wildman–Crippen LogP) is 12.3. The molecule has 1 N–H and O–H groups in total. The first-order valence-electron chi connectivity index (χ1n) is 21.7. The molecule has 5 heteroatoms. The van der Waals surface area contributed by atoms with Crippen molar-refractivity contribution in [3.05, 3.63) is 143 Å². The maximum absolute atomic E-state index is 12.5. The Morgan fingerprint density at radius 3 is 1.39 bits per heavy atom. The molecule has 0 unspecified atom stereocenters. The molecule has 308 valence electrons. The monoisotopic (exact) mass is 791 g/mol. The molecular formula is C52H71ClN2O2. The van der Waals surface area contributed by atoms with Crippen LogP contribution < -0.4 is 5.32 Å². The third kappa shape index (κ3) is 17.1. The Morgan fingerprint density at radius 2 is 0.982 bits per heavy atom. The first kappa shape index (κ1) is 46.1. The third-order valence-corrected chi connectivity index (χ3v) is 11.7. The summed E-state index contributed by atoms with van der Waals surface area (Å²) in [5.74, 6) is 2.72. The van der Waals surface area contributed by atoms with Crippen molar-refractivity contribution in [3.63, 3.8) is 0 Å². The molecule has 2 heterocycles. The van der Waals surface area contributed by atoms with Crippen LogP contribution in [0.1, 0.15) is 136 Å². The summed E-state index contributed by atoms with van der Waals surface area (Å²) in [5.41, 5.74) is 7.40. The smallest absolute Gasteiger partial charge is 0.162 e. The lowest BCUT2D eigenvalue weighted by Crippen LogP contribution is -2.35. The van der Waals surface area contributed by atoms with E-state index in [1.54, 1.807) is 0 Å². The Balaban J connectivity index is 0.000000209. The van der Waals surface area contributed by atoms with Crippen LogP contribution in [0.5, 0.6) is 0 Å². The number of likely N-dealkylation sites (tertiary alicyclic amines) is 1. The fourth-order valence-corrected chi connectivity index (χ4v) is 7.82. The molecular weight excluding hydrogens is 720 g/mol. The maximum atomic E-state index is 12.5. The van der Waals surface area contributed by atoms with Crippen LogP contribution in [0.3, 0.4) is 0 Å². The summed E-state index contributed by atoms with van der Waals surface area (Å²) in [5, 5.41) is 3.40. The van der Waals surface area contributed by atoms with Gasteiger partial charge in [-0.05, 0) is 129 Å². The van der Waals surface area contributed by atoms with Gasteiger partial charge in [0.25, 0.3) is 0 Å². The lowest BCUT2D eigenvalue weighted by Gasteiger charge is -2.32. The zero-order valence-electron chi connectivity index (χ0n) is 36.0. The van der Waals surface area contributed by atoms with Crippen molar-refractivity contribution >= 4 is 23.2 Å². The van der Waals surface area contributed by atoms with Crippen LogP contribution >= 0.6 is 11.6 Å². The number of Topliss-reactive ketones (excluding diaryl/α,β-unsaturated/α-hetero) is 2. The van der Waals surface area contributed by atoms with Crippen molar-refractivity contribution < 1.29 is 9.59 Å². The van der Waals surface area contributed by atoms with E-state index in [0.29, 0.717) is 18.7 Å². The number of benzene rings is 4. The molecule has 4 aromatic carbocycles. The SMILES string of the molecule is CC(C)(C)c1ccc(C(=O)CCCCl)cc1.CC(C)(C)c1ccc(C(=O)CCCN2CCC(Cc3ccccc3)CC2)cc1.c1ccc(CC2CCNCC2)cc1. The summed E-state index contributed by atoms with van der Waals surface area (Å²) < 4.78 is 0. The molecule has 6 rings (SSSR count). The van der Waals surface area contributed by atoms with Crippen LogP contribution in [0.25, 0.3) is 0 Å². The number of carbonyl (C=O) groups is 2. The van der Waals surface area contributed by atoms with Gasteiger partial charge in [0.1, 0.15) is 0 Å². The van der Waals surface area contributed by atoms with Crippen molar-refractivity contribution in [2.24, 2.45) is 11.8 Å². The minimum absolute atomic E-state index is 0.133. The second kappa shape index (κ2) is 23.7. The number of ketones is 2. The normalized spacial score (nSPS) is 15.5. The van der Waals surface area contributed by atoms with E-state index in [1.165, 1.54) is 87.0 Å². The van der Waals surface area contributed by atoms with Gasteiger partial charge in [-0.1, -0.05) is 151 Å². The molecule has 4 aromatic rings. The minimum atomic E-state index is 0.133. The van der Waals surface area contributed by atoms with Crippen molar-refractivity contribution in [2.45, 2.75) is 117 Å². The van der Waals surface area contributed by atoms with Crippen molar-refractivity contribution in [2.75, 3.05) is 38.6 Å². The molecule has 2 aliphatic heterocycles. The zero-order valence-corrected chi connectivity index (χ0v) is 36.8. The topological polar surface area (TPSA) is 49.4 Å². The van der Waals surface area contributed by atoms with Gasteiger partial charge in [-0.15, -0.1) is 11.6 Å². The highest BCUT2D eigenvalue weighted by atomic mass is 35.5. The lowest BCUT2D eigenvalue weighted by atomic mass is 9.86. The highest BCUT2D eigenvalue weighted by molar-refractivity contribution is 6.18. The number of nitrogens with zero attached hydrogens (tertiary/aromatic N) is 1. The van der Waals surface area contributed by atoms with Crippen LogP contribution in [0.4, 0.5) is 0 Å². The molecule has 0 saturated carbocycles. The van der Waals surface area contributed by atoms with E-state index in [2.05, 4.69) is 125 Å². The van der Waals surface area contributed by atoms with Gasteiger partial charge in [0.05, 0.1) is 0 Å². The van der Waals surface area contributed by atoms with Gasteiger partial charge in [-0.25, -0.2) is 0 Å². The van der Waals surface area contributed by atoms with E-state index < -0.39 is 0 Å². The van der Waals surface area contributed by atoms with E-state index in [0.717, 1.165) is 42.3 Å². The van der Waals surface area contributed by atoms with Crippen molar-refractivity contribution in [1.82, 2.24) is 10.2 Å². The van der Waals surface area contributed by atoms with E-state index in [-0.39, 0.29) is 22.4 Å². The summed E-state index contributed by atoms with van der Waals surface area (Å²) >= 11 is 5.57. The molecule has 4 nitrogen and oxygen atoms in total. The van der Waals surface area contributed by atoms with Gasteiger partial charge >= 0.3 is 0 Å². The van der Waals surface area contributed by atoms with Crippen molar-refractivity contribution in [1.29, 1.82) is 0 Å². The van der Waals surface area contributed by atoms with Crippen LogP contribution in [0, 0.1) is 11.8 Å². The lowest BCUT2D eigenvalue weighted by molar-refractivity contribution is 0.0966. The molecule has 0 spiro atoms. The second-order valence-corrected chi connectivity index (χ2v) is 18.6. The summed E-state index contributed by atoms with van der Waals surface area (Å²) in [4.78, 5) is 26.7. The first-order valence-corrected chi connectivity index (χ1v) is 22.2. The van der Waals surface area contributed by atoms with Gasteiger partial charge in [0, 0.05) is 29.8 Å². The molecule has 0 atom stereocenters. The number of rotatable bonds is 13. The summed E-state index contributed by atoms with van der Waals surface area (Å²) in [6.45, 7) is 18.9. The van der Waals surface area contributed by atoms with E-state index in [9.17, 15) is 9.59 Å². The molecule has 0 amide bonds. The Labute approximate surface area is 351 Å². The number of carbonyl (C=O) groups excluding carboxylic acids is 2. The van der Waals surface area contributed by atoms with Gasteiger partial charge in [0.2, 0.25) is 0 Å². The molecule has 2 saturated heterocycles. The molecule has 0 aromatic heterocycles. The number of halogens is 1. The number of hydrogen-bond acceptors (Lipinski definition) is 4. The number of nitrogens with one attached hydrogen (secondary N) is 1. The van der Waals surface area contributed by atoms with Gasteiger partial charge < -0.3 is 10.2 Å². The Kier molecular flexibility index (Phi) is 19.2. The Bertz CT molecular complexity index is 1710. The highest BCUT2D eigenvalue weighted by Crippen LogP contribution is 2.25. The van der Waals surface area contributed by atoms with E-state index in [4.69, 9.17) is 11.6 Å². The highest BCUT2D eigenvalue weighted by Gasteiger charge is 2.20. The van der Waals surface area contributed by atoms with Crippen LogP contribution in [0.15, 0.2) is 109 Å². The fourth-order valence-electron chi connectivity index (χ4n) is 7.69. The predicted molar refractivity (Wildman–Crippen MR) is 243 cm³/mol. The Morgan fingerprint density at radius 1 is 0.579 bits per heavy atom. The molecule has 0 radical (unpaired) electrons. The molecule has 57 heavy (non-hydrogen) atoms. The van der Waals surface area contributed by atoms with Gasteiger partial charge in [0.15, 0.2) is 11.6 Å². The summed E-state index contributed by atoms with van der Waals surface area (Å²) in [6, 6.07) is 37.8. The third-order valence-electron chi connectivity index (χ3n) is 11.5. The Hall–Kier alpha value is -3.57. The standard InChI is InChI=1S/C26H35NO.C14H19ClO.C12H17N/c1-26(2,3)24-13-11-23(12-14-24)25(28)10-7-17-27-18-15-22(16-19-27)20-21-8-5-4-6-9-21;1-14(2,3)12-8-6-11(7-9-12)13(16)5-4-10-15;1-2-4-11(5-3-1)10-12-6-8-13-9-7-12/h4-6,8-9,11-14,22H,7,10,15-20H2,1-3H3;6-9H,4-5,10H2,1-3H3;1-5,12-13H,6-10H2. The van der Waals surface area contributed by atoms with Gasteiger partial charge in [-0.3, -0.25) is 9.59 Å². The number of piperidine rings is 2. The fraction of sp³-hybridized carbons (Fsp3) is 0.500. The first-order chi connectivity index (χ1) is 27.3. The maximum Gasteiger partial charge on any atom is 0.162 e. The summed E-state index contributed by atoms with van der Waals surface area (Å²) in [6.07, 6.45) is 10.6. The average Bonchev–Trinajstić information content (AvgIpc) is 3.22. The zero-order chi connectivity index (χ0) is 41.1. The molecule has 2 aliphatic rings.